The number of nitrogens with one attached hydrogen (secondary N) is 3. The van der Waals surface area contributed by atoms with E-state index in [4.69, 9.17) is 23.8 Å². The summed E-state index contributed by atoms with van der Waals surface area (Å²) in [6.07, 6.45) is 0. The van der Waals surface area contributed by atoms with Gasteiger partial charge in [0.2, 0.25) is 4.77 Å². The molecule has 0 aliphatic carbocycles. The van der Waals surface area contributed by atoms with Crippen LogP contribution in [0.1, 0.15) is 26.5 Å². The Morgan fingerprint density at radius 3 is 2.50 bits per heavy atom. The molecule has 2 rings (SSSR count). The fraction of sp³-hybridized carbons (Fsp3) is 0.286. The standard InChI is InChI=1S/C14H16ClN5O4S2/c1-14(2,3)10-11(21)20(13(25)17-16-10)18-12(22)19-26(23,24)9-7-5-4-6-8(9)15/h4-7H,1-3H3,(H,17,25)(H2,18,19,22). The van der Waals surface area contributed by atoms with Gasteiger partial charge in [-0.2, -0.15) is 9.77 Å². The summed E-state index contributed by atoms with van der Waals surface area (Å²) in [6, 6.07) is 4.43. The van der Waals surface area contributed by atoms with Crippen LogP contribution in [-0.4, -0.2) is 29.3 Å². The zero-order chi connectivity index (χ0) is 19.7. The van der Waals surface area contributed by atoms with Crippen molar-refractivity contribution in [2.45, 2.75) is 31.1 Å². The summed E-state index contributed by atoms with van der Waals surface area (Å²) in [5.74, 6) is 0. The van der Waals surface area contributed by atoms with Gasteiger partial charge in [-0.25, -0.2) is 23.4 Å². The minimum atomic E-state index is -4.24. The molecule has 2 aromatic rings. The van der Waals surface area contributed by atoms with E-state index < -0.39 is 27.0 Å². The minimum absolute atomic E-state index is 0.0545. The zero-order valence-corrected chi connectivity index (χ0v) is 16.4. The SMILES string of the molecule is CC(C)(C)c1n[nH]c(=S)n(NC(=O)NS(=O)(=O)c2ccccc2Cl)c1=O. The Morgan fingerprint density at radius 2 is 1.92 bits per heavy atom. The number of aromatic nitrogens is 3. The molecule has 1 heterocycles. The Bertz CT molecular complexity index is 1070. The normalized spacial score (nSPS) is 11.8. The maximum absolute atomic E-state index is 12.5. The van der Waals surface area contributed by atoms with Crippen LogP contribution in [-0.2, 0) is 15.4 Å². The number of amides is 2. The molecule has 0 unspecified atom stereocenters. The second kappa shape index (κ2) is 7.17. The van der Waals surface area contributed by atoms with Crippen molar-refractivity contribution < 1.29 is 13.2 Å². The number of sulfonamides is 1. The lowest BCUT2D eigenvalue weighted by molar-refractivity contribution is 0.253. The lowest BCUT2D eigenvalue weighted by Gasteiger charge is -2.18. The number of H-pyrrole nitrogens is 1. The first kappa shape index (κ1) is 20.1. The Balaban J connectivity index is 2.33. The van der Waals surface area contributed by atoms with Crippen LogP contribution in [0, 0.1) is 4.77 Å². The molecule has 0 atom stereocenters. The summed E-state index contributed by atoms with van der Waals surface area (Å²) in [5.41, 5.74) is 0.905. The van der Waals surface area contributed by atoms with Crippen LogP contribution >= 0.6 is 23.8 Å². The molecule has 0 aliphatic heterocycles. The van der Waals surface area contributed by atoms with E-state index in [1.54, 1.807) is 31.6 Å². The third-order valence-electron chi connectivity index (χ3n) is 3.15. The van der Waals surface area contributed by atoms with Crippen molar-refractivity contribution >= 4 is 39.9 Å². The molecule has 0 saturated heterocycles. The number of urea groups is 1. The molecule has 3 N–H and O–H groups in total. The summed E-state index contributed by atoms with van der Waals surface area (Å²) in [6.45, 7) is 5.25. The molecule has 26 heavy (non-hydrogen) atoms. The summed E-state index contributed by atoms with van der Waals surface area (Å²) in [7, 11) is -4.24. The number of carbonyl (C=O) groups is 1. The van der Waals surface area contributed by atoms with E-state index in [2.05, 4.69) is 15.6 Å². The molecule has 0 radical (unpaired) electrons. The largest absolute Gasteiger partial charge is 0.347 e. The number of rotatable bonds is 3. The Hall–Kier alpha value is -2.24. The molecule has 12 heteroatoms. The highest BCUT2D eigenvalue weighted by molar-refractivity contribution is 7.90. The van der Waals surface area contributed by atoms with Crippen LogP contribution in [0.25, 0.3) is 0 Å². The second-order valence-corrected chi connectivity index (χ2v) is 8.69. The maximum Gasteiger partial charge on any atom is 0.347 e. The van der Waals surface area contributed by atoms with Gasteiger partial charge in [0.1, 0.15) is 10.6 Å². The number of halogens is 1. The average Bonchev–Trinajstić information content (AvgIpc) is 2.49. The summed E-state index contributed by atoms with van der Waals surface area (Å²) >= 11 is 10.8. The van der Waals surface area contributed by atoms with Crippen molar-refractivity contribution in [2.24, 2.45) is 0 Å². The molecule has 0 saturated carbocycles. The van der Waals surface area contributed by atoms with Gasteiger partial charge < -0.3 is 0 Å². The molecule has 9 nitrogen and oxygen atoms in total. The topological polar surface area (TPSA) is 126 Å². The Kier molecular flexibility index (Phi) is 5.54. The van der Waals surface area contributed by atoms with Gasteiger partial charge in [0.25, 0.3) is 15.6 Å². The van der Waals surface area contributed by atoms with E-state index >= 15 is 0 Å². The summed E-state index contributed by atoms with van der Waals surface area (Å²) < 4.78 is 26.8. The van der Waals surface area contributed by atoms with E-state index in [0.29, 0.717) is 4.68 Å². The number of hydrogen-bond acceptors (Lipinski definition) is 6. The Labute approximate surface area is 159 Å². The van der Waals surface area contributed by atoms with Crippen molar-refractivity contribution in [3.8, 4) is 0 Å². The third kappa shape index (κ3) is 4.29. The zero-order valence-electron chi connectivity index (χ0n) is 14.0. The van der Waals surface area contributed by atoms with Crippen molar-refractivity contribution in [3.63, 3.8) is 0 Å². The average molecular weight is 418 g/mol. The maximum atomic E-state index is 12.5. The fourth-order valence-electron chi connectivity index (χ4n) is 1.95. The number of aromatic amines is 1. The highest BCUT2D eigenvalue weighted by Crippen LogP contribution is 2.20. The molecule has 2 amide bonds. The highest BCUT2D eigenvalue weighted by atomic mass is 35.5. The van der Waals surface area contributed by atoms with Crippen LogP contribution in [0.2, 0.25) is 5.02 Å². The second-order valence-electron chi connectivity index (χ2n) is 6.24. The molecule has 0 fully saturated rings. The van der Waals surface area contributed by atoms with Crippen LogP contribution < -0.4 is 15.7 Å². The van der Waals surface area contributed by atoms with Gasteiger partial charge in [0, 0.05) is 5.41 Å². The van der Waals surface area contributed by atoms with Crippen LogP contribution in [0.3, 0.4) is 0 Å². The van der Waals surface area contributed by atoms with E-state index in [0.717, 1.165) is 0 Å². The van der Waals surface area contributed by atoms with Crippen LogP contribution in [0.4, 0.5) is 4.79 Å². The fourth-order valence-corrected chi connectivity index (χ4v) is 3.55. The smallest absolute Gasteiger partial charge is 0.265 e. The Morgan fingerprint density at radius 1 is 1.31 bits per heavy atom. The highest BCUT2D eigenvalue weighted by Gasteiger charge is 2.24. The monoisotopic (exact) mass is 417 g/mol. The van der Waals surface area contributed by atoms with Crippen molar-refractivity contribution in [2.75, 3.05) is 5.43 Å². The van der Waals surface area contributed by atoms with Gasteiger partial charge >= 0.3 is 6.03 Å². The first-order chi connectivity index (χ1) is 11.9. The molecule has 1 aromatic heterocycles. The summed E-state index contributed by atoms with van der Waals surface area (Å²) in [5, 5.41) is 6.27. The van der Waals surface area contributed by atoms with Gasteiger partial charge in [-0.05, 0) is 24.4 Å². The lowest BCUT2D eigenvalue weighted by Crippen LogP contribution is -2.45. The minimum Gasteiger partial charge on any atom is -0.265 e. The van der Waals surface area contributed by atoms with Crippen LogP contribution in [0.5, 0.6) is 0 Å². The van der Waals surface area contributed by atoms with Gasteiger partial charge in [-0.15, -0.1) is 0 Å². The van der Waals surface area contributed by atoms with E-state index in [1.165, 1.54) is 18.2 Å². The quantitative estimate of drug-likeness (QED) is 0.654. The predicted molar refractivity (Wildman–Crippen MR) is 98.9 cm³/mol. The van der Waals surface area contributed by atoms with Gasteiger partial charge in [0.05, 0.1) is 5.02 Å². The third-order valence-corrected chi connectivity index (χ3v) is 5.25. The van der Waals surface area contributed by atoms with E-state index in [9.17, 15) is 18.0 Å². The first-order valence-corrected chi connectivity index (χ1v) is 9.51. The lowest BCUT2D eigenvalue weighted by atomic mass is 9.93. The molecule has 1 aromatic carbocycles. The van der Waals surface area contributed by atoms with E-state index in [-0.39, 0.29) is 20.4 Å². The number of hydrogen-bond donors (Lipinski definition) is 3. The number of benzene rings is 1. The van der Waals surface area contributed by atoms with Crippen molar-refractivity contribution in [1.82, 2.24) is 19.6 Å². The van der Waals surface area contributed by atoms with Gasteiger partial charge in [-0.3, -0.25) is 9.89 Å². The predicted octanol–water partition coefficient (Wildman–Crippen LogP) is 1.89. The molecule has 0 bridgehead atoms. The molecular formula is C14H16ClN5O4S2. The molecule has 0 aliphatic rings. The van der Waals surface area contributed by atoms with Gasteiger partial charge in [-0.1, -0.05) is 44.5 Å². The van der Waals surface area contributed by atoms with Crippen LogP contribution in [0.15, 0.2) is 34.0 Å². The molecular weight excluding hydrogens is 402 g/mol. The molecule has 0 spiro atoms. The number of carbonyl (C=O) groups excluding carboxylic acids is 1. The number of nitrogens with zero attached hydrogens (tertiary/aromatic N) is 2. The molecule has 140 valence electrons. The first-order valence-electron chi connectivity index (χ1n) is 7.24. The van der Waals surface area contributed by atoms with E-state index in [1.807, 2.05) is 0 Å². The van der Waals surface area contributed by atoms with Crippen molar-refractivity contribution in [3.05, 3.63) is 50.1 Å². The van der Waals surface area contributed by atoms with Crippen molar-refractivity contribution in [1.29, 1.82) is 0 Å². The van der Waals surface area contributed by atoms with Gasteiger partial charge in [0.15, 0.2) is 0 Å². The summed E-state index contributed by atoms with van der Waals surface area (Å²) in [4.78, 5) is 24.3.